The average Bonchev–Trinajstić information content (AvgIpc) is 2.83. The molecule has 0 radical (unpaired) electrons. The molecule has 1 aliphatic heterocycles. The summed E-state index contributed by atoms with van der Waals surface area (Å²) in [5.41, 5.74) is 0.287. The van der Waals surface area contributed by atoms with Crippen molar-refractivity contribution in [3.8, 4) is 0 Å². The van der Waals surface area contributed by atoms with Crippen molar-refractivity contribution >= 4 is 29.3 Å². The van der Waals surface area contributed by atoms with Crippen LogP contribution in [-0.2, 0) is 9.53 Å². The smallest absolute Gasteiger partial charge is 0.418 e. The van der Waals surface area contributed by atoms with Crippen LogP contribution in [0.3, 0.4) is 0 Å². The molecule has 5 nitrogen and oxygen atoms in total. The lowest BCUT2D eigenvalue weighted by Crippen LogP contribution is -2.51. The predicted molar refractivity (Wildman–Crippen MR) is 88.5 cm³/mol. The second kappa shape index (κ2) is 6.40. The number of hydrogen-bond donors (Lipinski definition) is 0. The molecule has 2 fully saturated rings. The molecule has 1 aromatic carbocycles. The minimum absolute atomic E-state index is 0.134. The zero-order valence-electron chi connectivity index (χ0n) is 13.3. The third-order valence-electron chi connectivity index (χ3n) is 4.75. The highest BCUT2D eigenvalue weighted by Crippen LogP contribution is 2.42. The predicted octanol–water partition coefficient (Wildman–Crippen LogP) is 3.81. The number of imide groups is 1. The molecule has 1 saturated carbocycles. The van der Waals surface area contributed by atoms with Crippen molar-refractivity contribution in [1.82, 2.24) is 4.90 Å². The summed E-state index contributed by atoms with van der Waals surface area (Å²) in [6.07, 6.45) is 4.09. The Labute approximate surface area is 141 Å². The van der Waals surface area contributed by atoms with E-state index in [1.54, 1.807) is 6.92 Å². The van der Waals surface area contributed by atoms with Gasteiger partial charge in [-0.2, -0.15) is 0 Å². The van der Waals surface area contributed by atoms with Crippen LogP contribution in [0.2, 0.25) is 5.02 Å². The summed E-state index contributed by atoms with van der Waals surface area (Å²) in [6.45, 7) is 2.24. The van der Waals surface area contributed by atoms with Gasteiger partial charge in [0.1, 0.15) is 12.2 Å². The number of benzene rings is 1. The standard InChI is InChI=1S/C17H21ClN2O3/c1-2-23-16(22)19-12-20(14-8-6-13(18)7-9-14)17(15(19)21)10-4-3-5-11-17/h6-9H,2-5,10-12H2,1H3. The van der Waals surface area contributed by atoms with Crippen LogP contribution in [0.5, 0.6) is 0 Å². The Balaban J connectivity index is 1.96. The molecule has 0 aromatic heterocycles. The number of anilines is 1. The number of carbonyl (C=O) groups is 2. The van der Waals surface area contributed by atoms with E-state index in [0.29, 0.717) is 5.02 Å². The lowest BCUT2D eigenvalue weighted by Gasteiger charge is -2.39. The lowest BCUT2D eigenvalue weighted by atomic mass is 9.80. The zero-order valence-corrected chi connectivity index (χ0v) is 14.0. The normalized spacial score (nSPS) is 20.2. The van der Waals surface area contributed by atoms with E-state index in [4.69, 9.17) is 16.3 Å². The maximum Gasteiger partial charge on any atom is 0.418 e. The molecule has 1 aliphatic carbocycles. The quantitative estimate of drug-likeness (QED) is 0.824. The Hall–Kier alpha value is -1.75. The van der Waals surface area contributed by atoms with Crippen LogP contribution in [0.4, 0.5) is 10.5 Å². The first-order chi connectivity index (χ1) is 11.1. The van der Waals surface area contributed by atoms with E-state index < -0.39 is 11.6 Å². The van der Waals surface area contributed by atoms with Gasteiger partial charge >= 0.3 is 6.09 Å². The van der Waals surface area contributed by atoms with Crippen molar-refractivity contribution in [1.29, 1.82) is 0 Å². The van der Waals surface area contributed by atoms with Crippen LogP contribution in [0.25, 0.3) is 0 Å². The van der Waals surface area contributed by atoms with Gasteiger partial charge in [0.15, 0.2) is 0 Å². The topological polar surface area (TPSA) is 49.9 Å². The van der Waals surface area contributed by atoms with Gasteiger partial charge in [0, 0.05) is 10.7 Å². The first-order valence-electron chi connectivity index (χ1n) is 8.10. The molecule has 2 aliphatic rings. The molecule has 0 bridgehead atoms. The number of hydrogen-bond acceptors (Lipinski definition) is 4. The van der Waals surface area contributed by atoms with Crippen molar-refractivity contribution in [3.05, 3.63) is 29.3 Å². The Kier molecular flexibility index (Phi) is 4.48. The highest BCUT2D eigenvalue weighted by molar-refractivity contribution is 6.30. The van der Waals surface area contributed by atoms with E-state index in [0.717, 1.165) is 37.8 Å². The Bertz CT molecular complexity index is 596. The summed E-state index contributed by atoms with van der Waals surface area (Å²) in [5.74, 6) is -0.134. The van der Waals surface area contributed by atoms with Gasteiger partial charge in [0.2, 0.25) is 0 Å². The van der Waals surface area contributed by atoms with Crippen molar-refractivity contribution < 1.29 is 14.3 Å². The first-order valence-corrected chi connectivity index (χ1v) is 8.48. The summed E-state index contributed by atoms with van der Waals surface area (Å²) in [6, 6.07) is 7.43. The zero-order chi connectivity index (χ0) is 16.4. The van der Waals surface area contributed by atoms with Crippen LogP contribution in [0.1, 0.15) is 39.0 Å². The van der Waals surface area contributed by atoms with Crippen molar-refractivity contribution in [2.24, 2.45) is 0 Å². The molecule has 3 rings (SSSR count). The van der Waals surface area contributed by atoms with Gasteiger partial charge in [0.05, 0.1) is 6.61 Å². The average molecular weight is 337 g/mol. The fourth-order valence-corrected chi connectivity index (χ4v) is 3.75. The van der Waals surface area contributed by atoms with Crippen LogP contribution in [0, 0.1) is 0 Å². The van der Waals surface area contributed by atoms with Crippen molar-refractivity contribution in [3.63, 3.8) is 0 Å². The minimum atomic E-state index is -0.626. The van der Waals surface area contributed by atoms with Crippen LogP contribution >= 0.6 is 11.6 Å². The highest BCUT2D eigenvalue weighted by atomic mass is 35.5. The van der Waals surface area contributed by atoms with Gasteiger partial charge in [-0.05, 0) is 44.0 Å². The molecule has 1 heterocycles. The first kappa shape index (κ1) is 16.1. The maximum atomic E-state index is 13.0. The summed E-state index contributed by atoms with van der Waals surface area (Å²) in [5, 5.41) is 0.652. The van der Waals surface area contributed by atoms with E-state index in [-0.39, 0.29) is 19.2 Å². The van der Waals surface area contributed by atoms with E-state index in [1.165, 1.54) is 4.90 Å². The SMILES string of the molecule is CCOC(=O)N1CN(c2ccc(Cl)cc2)C2(CCCCC2)C1=O. The maximum absolute atomic E-state index is 13.0. The van der Waals surface area contributed by atoms with Gasteiger partial charge in [-0.15, -0.1) is 0 Å². The fourth-order valence-electron chi connectivity index (χ4n) is 3.62. The van der Waals surface area contributed by atoms with Crippen LogP contribution in [0.15, 0.2) is 24.3 Å². The second-order valence-corrected chi connectivity index (χ2v) is 6.51. The van der Waals surface area contributed by atoms with Crippen molar-refractivity contribution in [2.45, 2.75) is 44.6 Å². The van der Waals surface area contributed by atoms with Gasteiger partial charge < -0.3 is 9.64 Å². The molecule has 1 saturated heterocycles. The molecular formula is C17H21ClN2O3. The molecule has 23 heavy (non-hydrogen) atoms. The number of amides is 2. The number of halogens is 1. The minimum Gasteiger partial charge on any atom is -0.449 e. The molecule has 1 spiro atoms. The van der Waals surface area contributed by atoms with Gasteiger partial charge in [0.25, 0.3) is 5.91 Å². The Morgan fingerprint density at radius 3 is 2.48 bits per heavy atom. The van der Waals surface area contributed by atoms with Gasteiger partial charge in [-0.3, -0.25) is 4.79 Å². The van der Waals surface area contributed by atoms with Crippen molar-refractivity contribution in [2.75, 3.05) is 18.2 Å². The lowest BCUT2D eigenvalue weighted by molar-refractivity contribution is -0.131. The monoisotopic (exact) mass is 336 g/mol. The molecule has 6 heteroatoms. The number of carbonyl (C=O) groups excluding carboxylic acids is 2. The second-order valence-electron chi connectivity index (χ2n) is 6.07. The van der Waals surface area contributed by atoms with Gasteiger partial charge in [-0.25, -0.2) is 9.69 Å². The molecule has 1 aromatic rings. The van der Waals surface area contributed by atoms with E-state index in [2.05, 4.69) is 0 Å². The summed E-state index contributed by atoms with van der Waals surface area (Å²) in [7, 11) is 0. The van der Waals surface area contributed by atoms with Crippen LogP contribution in [-0.4, -0.2) is 35.7 Å². The Morgan fingerprint density at radius 2 is 1.87 bits per heavy atom. The largest absolute Gasteiger partial charge is 0.449 e. The van der Waals surface area contributed by atoms with Crippen LogP contribution < -0.4 is 4.90 Å². The molecule has 124 valence electrons. The summed E-state index contributed by atoms with van der Waals surface area (Å²) >= 11 is 5.97. The van der Waals surface area contributed by atoms with E-state index in [1.807, 2.05) is 29.2 Å². The third-order valence-corrected chi connectivity index (χ3v) is 5.00. The molecule has 0 N–H and O–H groups in total. The van der Waals surface area contributed by atoms with E-state index in [9.17, 15) is 9.59 Å². The molecule has 2 amide bonds. The van der Waals surface area contributed by atoms with Gasteiger partial charge in [-0.1, -0.05) is 30.9 Å². The fraction of sp³-hybridized carbons (Fsp3) is 0.529. The molecule has 0 atom stereocenters. The summed E-state index contributed by atoms with van der Waals surface area (Å²) < 4.78 is 5.05. The third kappa shape index (κ3) is 2.78. The Morgan fingerprint density at radius 1 is 1.22 bits per heavy atom. The number of nitrogens with zero attached hydrogens (tertiary/aromatic N) is 2. The molecular weight excluding hydrogens is 316 g/mol. The highest BCUT2D eigenvalue weighted by Gasteiger charge is 2.54. The summed E-state index contributed by atoms with van der Waals surface area (Å²) in [4.78, 5) is 28.4. The van der Waals surface area contributed by atoms with E-state index >= 15 is 0 Å². The number of ether oxygens (including phenoxy) is 1. The number of rotatable bonds is 2. The molecule has 0 unspecified atom stereocenters.